The van der Waals surface area contributed by atoms with Crippen LogP contribution in [0.2, 0.25) is 10.0 Å². The second-order valence-electron chi connectivity index (χ2n) is 6.87. The molecule has 0 saturated carbocycles. The standard InChI is InChI=1S/C20H20Cl2N2O/c1-12(20(25)24-10-13-4-2-3-5-14(13)11-24)23-18-9-7-16-15(18)6-8-17(21)19(16)22/h2-6,8,12,18,23H,7,9-11H2,1H3/t12-,18?/m1/s1. The number of carbonyl (C=O) groups excluding carboxylic acids is 1. The Hall–Kier alpha value is -1.55. The van der Waals surface area contributed by atoms with Gasteiger partial charge in [-0.3, -0.25) is 10.1 Å². The molecular formula is C20H20Cl2N2O. The Labute approximate surface area is 157 Å². The number of hydrogen-bond acceptors (Lipinski definition) is 2. The summed E-state index contributed by atoms with van der Waals surface area (Å²) in [5.41, 5.74) is 4.77. The van der Waals surface area contributed by atoms with Crippen molar-refractivity contribution in [3.05, 3.63) is 68.7 Å². The fourth-order valence-corrected chi connectivity index (χ4v) is 4.38. The molecule has 0 saturated heterocycles. The maximum Gasteiger partial charge on any atom is 0.240 e. The third-order valence-electron chi connectivity index (χ3n) is 5.26. The van der Waals surface area contributed by atoms with E-state index in [4.69, 9.17) is 23.2 Å². The van der Waals surface area contributed by atoms with Crippen LogP contribution in [0.4, 0.5) is 0 Å². The van der Waals surface area contributed by atoms with Crippen molar-refractivity contribution in [3.8, 4) is 0 Å². The second kappa shape index (κ2) is 6.64. The van der Waals surface area contributed by atoms with Gasteiger partial charge in [-0.15, -0.1) is 0 Å². The number of rotatable bonds is 3. The molecule has 0 fully saturated rings. The van der Waals surface area contributed by atoms with Crippen LogP contribution in [0.1, 0.15) is 41.6 Å². The van der Waals surface area contributed by atoms with Gasteiger partial charge in [0.15, 0.2) is 0 Å². The number of nitrogens with one attached hydrogen (secondary N) is 1. The van der Waals surface area contributed by atoms with Crippen LogP contribution in [-0.4, -0.2) is 16.8 Å². The zero-order valence-electron chi connectivity index (χ0n) is 14.1. The molecule has 130 valence electrons. The molecule has 25 heavy (non-hydrogen) atoms. The van der Waals surface area contributed by atoms with Gasteiger partial charge in [0.1, 0.15) is 0 Å². The Morgan fingerprint density at radius 3 is 2.52 bits per heavy atom. The predicted molar refractivity (Wildman–Crippen MR) is 101 cm³/mol. The van der Waals surface area contributed by atoms with Crippen molar-refractivity contribution in [1.29, 1.82) is 0 Å². The van der Waals surface area contributed by atoms with E-state index in [-0.39, 0.29) is 18.0 Å². The van der Waals surface area contributed by atoms with Crippen molar-refractivity contribution in [2.24, 2.45) is 0 Å². The van der Waals surface area contributed by atoms with Crippen LogP contribution in [-0.2, 0) is 24.3 Å². The Morgan fingerprint density at radius 1 is 1.16 bits per heavy atom. The van der Waals surface area contributed by atoms with E-state index in [1.54, 1.807) is 0 Å². The number of benzene rings is 2. The van der Waals surface area contributed by atoms with Crippen LogP contribution in [0.15, 0.2) is 36.4 Å². The van der Waals surface area contributed by atoms with Gasteiger partial charge in [0.2, 0.25) is 5.91 Å². The third-order valence-corrected chi connectivity index (χ3v) is 6.11. The van der Waals surface area contributed by atoms with Crippen LogP contribution in [0.25, 0.3) is 0 Å². The van der Waals surface area contributed by atoms with E-state index in [1.807, 2.05) is 36.1 Å². The number of nitrogens with zero attached hydrogens (tertiary/aromatic N) is 1. The van der Waals surface area contributed by atoms with Crippen LogP contribution >= 0.6 is 23.2 Å². The topological polar surface area (TPSA) is 32.3 Å². The minimum Gasteiger partial charge on any atom is -0.333 e. The number of carbonyl (C=O) groups is 1. The molecular weight excluding hydrogens is 355 g/mol. The predicted octanol–water partition coefficient (Wildman–Crippen LogP) is 4.50. The maximum atomic E-state index is 12.9. The molecule has 4 rings (SSSR count). The van der Waals surface area contributed by atoms with Gasteiger partial charge in [-0.2, -0.15) is 0 Å². The van der Waals surface area contributed by atoms with E-state index in [0.717, 1.165) is 18.4 Å². The minimum absolute atomic E-state index is 0.143. The molecule has 5 heteroatoms. The van der Waals surface area contributed by atoms with E-state index in [9.17, 15) is 4.79 Å². The van der Waals surface area contributed by atoms with Crippen LogP contribution in [0.3, 0.4) is 0 Å². The van der Waals surface area contributed by atoms with Crippen LogP contribution in [0, 0.1) is 0 Å². The molecule has 1 unspecified atom stereocenters. The van der Waals surface area contributed by atoms with Crippen LogP contribution < -0.4 is 5.32 Å². The first-order valence-electron chi connectivity index (χ1n) is 8.63. The van der Waals surface area contributed by atoms with Gasteiger partial charge < -0.3 is 4.90 Å². The van der Waals surface area contributed by atoms with Gasteiger partial charge in [-0.25, -0.2) is 0 Å². The summed E-state index contributed by atoms with van der Waals surface area (Å²) in [5.74, 6) is 0.143. The molecule has 1 heterocycles. The highest BCUT2D eigenvalue weighted by molar-refractivity contribution is 6.42. The number of amides is 1. The van der Waals surface area contributed by atoms with Crippen molar-refractivity contribution < 1.29 is 4.79 Å². The highest BCUT2D eigenvalue weighted by atomic mass is 35.5. The summed E-state index contributed by atoms with van der Waals surface area (Å²) in [6, 6.07) is 12.0. The summed E-state index contributed by atoms with van der Waals surface area (Å²) in [5, 5.41) is 4.74. The average molecular weight is 375 g/mol. The number of halogens is 2. The molecule has 0 aromatic heterocycles. The fourth-order valence-electron chi connectivity index (χ4n) is 3.94. The van der Waals surface area contributed by atoms with Gasteiger partial charge in [-0.1, -0.05) is 53.5 Å². The zero-order chi connectivity index (χ0) is 17.6. The Bertz CT molecular complexity index is 811. The number of fused-ring (bicyclic) bond motifs is 2. The monoisotopic (exact) mass is 374 g/mol. The van der Waals surface area contributed by atoms with Gasteiger partial charge in [0.25, 0.3) is 0 Å². The zero-order valence-corrected chi connectivity index (χ0v) is 15.6. The molecule has 1 N–H and O–H groups in total. The van der Waals surface area contributed by atoms with Gasteiger partial charge in [0.05, 0.1) is 16.1 Å². The molecule has 0 spiro atoms. The SMILES string of the molecule is C[C@@H](NC1CCc2c1ccc(Cl)c2Cl)C(=O)N1Cc2ccccc2C1. The van der Waals surface area contributed by atoms with Gasteiger partial charge >= 0.3 is 0 Å². The van der Waals surface area contributed by atoms with Crippen molar-refractivity contribution >= 4 is 29.1 Å². The first-order valence-corrected chi connectivity index (χ1v) is 9.38. The van der Waals surface area contributed by atoms with Gasteiger partial charge in [0, 0.05) is 19.1 Å². The van der Waals surface area contributed by atoms with Gasteiger partial charge in [-0.05, 0) is 48.1 Å². The van der Waals surface area contributed by atoms with E-state index < -0.39 is 0 Å². The third kappa shape index (κ3) is 3.05. The lowest BCUT2D eigenvalue weighted by atomic mass is 10.1. The number of hydrogen-bond donors (Lipinski definition) is 1. The first kappa shape index (κ1) is 16.9. The van der Waals surface area contributed by atoms with E-state index in [1.165, 1.54) is 16.7 Å². The quantitative estimate of drug-likeness (QED) is 0.857. The largest absolute Gasteiger partial charge is 0.333 e. The minimum atomic E-state index is -0.236. The summed E-state index contributed by atoms with van der Waals surface area (Å²) in [6.45, 7) is 3.34. The molecule has 0 radical (unpaired) electrons. The second-order valence-corrected chi connectivity index (χ2v) is 7.66. The molecule has 2 aromatic carbocycles. The normalized spacial score (nSPS) is 19.6. The average Bonchev–Trinajstić information content (AvgIpc) is 3.22. The summed E-state index contributed by atoms with van der Waals surface area (Å²) < 4.78 is 0. The smallest absolute Gasteiger partial charge is 0.240 e. The lowest BCUT2D eigenvalue weighted by Gasteiger charge is -2.24. The van der Waals surface area contributed by atoms with E-state index in [2.05, 4.69) is 17.4 Å². The van der Waals surface area contributed by atoms with Crippen molar-refractivity contribution in [2.75, 3.05) is 0 Å². The van der Waals surface area contributed by atoms with Crippen molar-refractivity contribution in [3.63, 3.8) is 0 Å². The summed E-state index contributed by atoms with van der Waals surface area (Å²) in [4.78, 5) is 14.8. The lowest BCUT2D eigenvalue weighted by molar-refractivity contribution is -0.133. The Kier molecular flexibility index (Phi) is 4.48. The van der Waals surface area contributed by atoms with Crippen LogP contribution in [0.5, 0.6) is 0 Å². The summed E-state index contributed by atoms with van der Waals surface area (Å²) >= 11 is 12.4. The summed E-state index contributed by atoms with van der Waals surface area (Å²) in [6.07, 6.45) is 1.83. The maximum absolute atomic E-state index is 12.9. The summed E-state index contributed by atoms with van der Waals surface area (Å²) in [7, 11) is 0. The van der Waals surface area contributed by atoms with E-state index in [0.29, 0.717) is 23.1 Å². The molecule has 1 aliphatic carbocycles. The first-order chi connectivity index (χ1) is 12.0. The van der Waals surface area contributed by atoms with Crippen molar-refractivity contribution in [1.82, 2.24) is 10.2 Å². The fraction of sp³-hybridized carbons (Fsp3) is 0.350. The molecule has 3 nitrogen and oxygen atoms in total. The molecule has 2 aromatic rings. The molecule has 2 atom stereocenters. The molecule has 1 aliphatic heterocycles. The van der Waals surface area contributed by atoms with E-state index >= 15 is 0 Å². The molecule has 1 amide bonds. The highest BCUT2D eigenvalue weighted by Gasteiger charge is 2.31. The highest BCUT2D eigenvalue weighted by Crippen LogP contribution is 2.39. The molecule has 2 aliphatic rings. The van der Waals surface area contributed by atoms with Crippen molar-refractivity contribution in [2.45, 2.75) is 44.9 Å². The lowest BCUT2D eigenvalue weighted by Crippen LogP contribution is -2.43. The Morgan fingerprint density at radius 2 is 1.84 bits per heavy atom. The Balaban J connectivity index is 1.45. The molecule has 0 bridgehead atoms.